The van der Waals surface area contributed by atoms with Crippen molar-refractivity contribution in [1.29, 1.82) is 0 Å². The molecule has 1 N–H and O–H groups in total. The van der Waals surface area contributed by atoms with E-state index >= 15 is 0 Å². The summed E-state index contributed by atoms with van der Waals surface area (Å²) in [5.41, 5.74) is 1.48. The number of alkyl halides is 1. The highest BCUT2D eigenvalue weighted by atomic mass is 35.5. The van der Waals surface area contributed by atoms with Crippen LogP contribution in [0.2, 0.25) is 0 Å². The monoisotopic (exact) mass is 300 g/mol. The van der Waals surface area contributed by atoms with Gasteiger partial charge in [0.05, 0.1) is 5.69 Å². The minimum atomic E-state index is 0.143. The lowest BCUT2D eigenvalue weighted by atomic mass is 9.83. The Morgan fingerprint density at radius 3 is 2.53 bits per heavy atom. The molecule has 0 aromatic carbocycles. The first-order valence-corrected chi connectivity index (χ1v) is 8.62. The summed E-state index contributed by atoms with van der Waals surface area (Å²) in [5.74, 6) is 0.713. The van der Waals surface area contributed by atoms with Gasteiger partial charge in [-0.3, -0.25) is 0 Å². The first-order chi connectivity index (χ1) is 8.95. The van der Waals surface area contributed by atoms with Crippen LogP contribution in [0.3, 0.4) is 0 Å². The summed E-state index contributed by atoms with van der Waals surface area (Å²) in [6, 6.07) is 0. The molecule has 1 saturated carbocycles. The van der Waals surface area contributed by atoms with Crippen LogP contribution in [0.15, 0.2) is 5.38 Å². The fraction of sp³-hybridized carbons (Fsp3) is 0.800. The molecule has 1 heterocycles. The van der Waals surface area contributed by atoms with Crippen molar-refractivity contribution in [3.05, 3.63) is 16.1 Å². The number of nitrogens with one attached hydrogen (secondary N) is 1. The summed E-state index contributed by atoms with van der Waals surface area (Å²) in [6.45, 7) is 7.48. The molecule has 0 spiro atoms. The second-order valence-electron chi connectivity index (χ2n) is 6.70. The molecule has 2 nitrogen and oxygen atoms in total. The SMILES string of the molecule is CC(C)(C)c1csc(CNC2(CCl)CCCCC2)n1. The second-order valence-corrected chi connectivity index (χ2v) is 7.91. The van der Waals surface area contributed by atoms with Crippen molar-refractivity contribution < 1.29 is 0 Å². The molecule has 2 rings (SSSR count). The van der Waals surface area contributed by atoms with Crippen LogP contribution in [0.5, 0.6) is 0 Å². The lowest BCUT2D eigenvalue weighted by Gasteiger charge is -2.36. The molecule has 0 amide bonds. The van der Waals surface area contributed by atoms with Gasteiger partial charge in [-0.1, -0.05) is 40.0 Å². The van der Waals surface area contributed by atoms with Gasteiger partial charge in [0.25, 0.3) is 0 Å². The van der Waals surface area contributed by atoms with E-state index in [1.54, 1.807) is 11.3 Å². The molecule has 19 heavy (non-hydrogen) atoms. The van der Waals surface area contributed by atoms with Gasteiger partial charge in [0, 0.05) is 28.8 Å². The number of aromatic nitrogens is 1. The zero-order valence-electron chi connectivity index (χ0n) is 12.3. The van der Waals surface area contributed by atoms with Gasteiger partial charge in [-0.2, -0.15) is 0 Å². The summed E-state index contributed by atoms with van der Waals surface area (Å²) in [7, 11) is 0. The molecule has 1 aliphatic carbocycles. The Bertz CT molecular complexity index is 403. The fourth-order valence-corrected chi connectivity index (χ4v) is 3.91. The first-order valence-electron chi connectivity index (χ1n) is 7.21. The molecule has 0 atom stereocenters. The molecule has 0 radical (unpaired) electrons. The summed E-state index contributed by atoms with van der Waals surface area (Å²) >= 11 is 7.96. The summed E-state index contributed by atoms with van der Waals surface area (Å²) < 4.78 is 0. The van der Waals surface area contributed by atoms with Crippen molar-refractivity contribution in [3.63, 3.8) is 0 Å². The largest absolute Gasteiger partial charge is 0.304 e. The Hall–Kier alpha value is -0.120. The Morgan fingerprint density at radius 2 is 2.00 bits per heavy atom. The van der Waals surface area contributed by atoms with Gasteiger partial charge in [0.1, 0.15) is 5.01 Å². The van der Waals surface area contributed by atoms with E-state index < -0.39 is 0 Å². The van der Waals surface area contributed by atoms with E-state index in [2.05, 4.69) is 31.5 Å². The molecule has 1 aromatic rings. The third-order valence-corrected chi connectivity index (χ3v) is 5.36. The molecule has 0 saturated heterocycles. The van der Waals surface area contributed by atoms with Crippen LogP contribution < -0.4 is 5.32 Å². The van der Waals surface area contributed by atoms with E-state index in [-0.39, 0.29) is 11.0 Å². The molecule has 0 bridgehead atoms. The van der Waals surface area contributed by atoms with Crippen LogP contribution in [-0.4, -0.2) is 16.4 Å². The maximum absolute atomic E-state index is 6.20. The maximum Gasteiger partial charge on any atom is 0.107 e. The van der Waals surface area contributed by atoms with Crippen LogP contribution in [0.1, 0.15) is 63.6 Å². The van der Waals surface area contributed by atoms with Gasteiger partial charge in [-0.15, -0.1) is 22.9 Å². The fourth-order valence-electron chi connectivity index (χ4n) is 2.59. The predicted molar refractivity (Wildman–Crippen MR) is 84.2 cm³/mol. The van der Waals surface area contributed by atoms with E-state index in [1.165, 1.54) is 42.8 Å². The van der Waals surface area contributed by atoms with E-state index in [1.807, 2.05) is 0 Å². The zero-order chi connectivity index (χ0) is 13.9. The summed E-state index contributed by atoms with van der Waals surface area (Å²) in [4.78, 5) is 4.74. The summed E-state index contributed by atoms with van der Waals surface area (Å²) in [5, 5.41) is 7.05. The van der Waals surface area contributed by atoms with E-state index in [0.29, 0.717) is 5.88 Å². The van der Waals surface area contributed by atoms with Crippen molar-refractivity contribution in [1.82, 2.24) is 10.3 Å². The van der Waals surface area contributed by atoms with Gasteiger partial charge in [-0.05, 0) is 12.8 Å². The van der Waals surface area contributed by atoms with Crippen molar-refractivity contribution >= 4 is 22.9 Å². The quantitative estimate of drug-likeness (QED) is 0.830. The van der Waals surface area contributed by atoms with Crippen LogP contribution in [0, 0.1) is 0 Å². The molecular formula is C15H25ClN2S. The van der Waals surface area contributed by atoms with Crippen molar-refractivity contribution in [3.8, 4) is 0 Å². The molecule has 0 unspecified atom stereocenters. The number of rotatable bonds is 4. The van der Waals surface area contributed by atoms with Crippen molar-refractivity contribution in [2.24, 2.45) is 0 Å². The second kappa shape index (κ2) is 6.11. The highest BCUT2D eigenvalue weighted by molar-refractivity contribution is 7.09. The van der Waals surface area contributed by atoms with Crippen LogP contribution in [0.4, 0.5) is 0 Å². The lowest BCUT2D eigenvalue weighted by molar-refractivity contribution is 0.256. The lowest BCUT2D eigenvalue weighted by Crippen LogP contribution is -2.48. The Kier molecular flexibility index (Phi) is 4.91. The van der Waals surface area contributed by atoms with Crippen molar-refractivity contribution in [2.45, 2.75) is 70.4 Å². The standard InChI is InChI=1S/C15H25ClN2S/c1-14(2,3)12-10-19-13(18-12)9-17-15(11-16)7-5-4-6-8-15/h10,17H,4-9,11H2,1-3H3. The number of hydrogen-bond acceptors (Lipinski definition) is 3. The maximum atomic E-state index is 6.20. The highest BCUT2D eigenvalue weighted by Gasteiger charge is 2.30. The predicted octanol–water partition coefficient (Wildman–Crippen LogP) is 4.47. The van der Waals surface area contributed by atoms with E-state index in [9.17, 15) is 0 Å². The smallest absolute Gasteiger partial charge is 0.107 e. The van der Waals surface area contributed by atoms with Crippen LogP contribution >= 0.6 is 22.9 Å². The minimum Gasteiger partial charge on any atom is -0.304 e. The molecule has 1 aromatic heterocycles. The molecule has 108 valence electrons. The van der Waals surface area contributed by atoms with Gasteiger partial charge >= 0.3 is 0 Å². The van der Waals surface area contributed by atoms with Crippen LogP contribution in [-0.2, 0) is 12.0 Å². The minimum absolute atomic E-state index is 0.143. The van der Waals surface area contributed by atoms with Crippen molar-refractivity contribution in [2.75, 3.05) is 5.88 Å². The Morgan fingerprint density at radius 1 is 1.32 bits per heavy atom. The molecule has 0 aliphatic heterocycles. The topological polar surface area (TPSA) is 24.9 Å². The summed E-state index contributed by atoms with van der Waals surface area (Å²) in [6.07, 6.45) is 6.35. The zero-order valence-corrected chi connectivity index (χ0v) is 13.8. The van der Waals surface area contributed by atoms with E-state index in [0.717, 1.165) is 6.54 Å². The normalized spacial score (nSPS) is 19.6. The number of hydrogen-bond donors (Lipinski definition) is 1. The van der Waals surface area contributed by atoms with Gasteiger partial charge in [0.2, 0.25) is 0 Å². The average Bonchev–Trinajstić information content (AvgIpc) is 2.86. The first kappa shape index (κ1) is 15.3. The van der Waals surface area contributed by atoms with E-state index in [4.69, 9.17) is 16.6 Å². The number of nitrogens with zero attached hydrogens (tertiary/aromatic N) is 1. The third-order valence-electron chi connectivity index (χ3n) is 4.00. The highest BCUT2D eigenvalue weighted by Crippen LogP contribution is 2.30. The molecule has 4 heteroatoms. The Balaban J connectivity index is 1.96. The molecular weight excluding hydrogens is 276 g/mol. The molecule has 1 fully saturated rings. The van der Waals surface area contributed by atoms with Crippen LogP contribution in [0.25, 0.3) is 0 Å². The third kappa shape index (κ3) is 3.93. The number of halogens is 1. The average molecular weight is 301 g/mol. The van der Waals surface area contributed by atoms with Gasteiger partial charge in [-0.25, -0.2) is 4.98 Å². The Labute approximate surface area is 126 Å². The van der Waals surface area contributed by atoms with Gasteiger partial charge < -0.3 is 5.32 Å². The number of thiazole rings is 1. The molecule has 1 aliphatic rings. The van der Waals surface area contributed by atoms with Gasteiger partial charge in [0.15, 0.2) is 0 Å².